The number of aliphatic imine (C=N–C) groups is 1. The van der Waals surface area contributed by atoms with Gasteiger partial charge in [-0.3, -0.25) is 5.43 Å². The summed E-state index contributed by atoms with van der Waals surface area (Å²) in [4.78, 5) is 6.72. The van der Waals surface area contributed by atoms with Crippen molar-refractivity contribution < 1.29 is 9.15 Å². The van der Waals surface area contributed by atoms with E-state index in [-0.39, 0.29) is 6.04 Å². The monoisotopic (exact) mass is 266 g/mol. The average Bonchev–Trinajstić information content (AvgIpc) is 3.11. The first-order chi connectivity index (χ1) is 9.24. The number of methoxy groups -OCH3 is 1. The largest absolute Gasteiger partial charge is 0.467 e. The van der Waals surface area contributed by atoms with E-state index in [1.807, 2.05) is 19.1 Å². The molecule has 1 aromatic heterocycles. The Morgan fingerprint density at radius 3 is 3.00 bits per heavy atom. The zero-order valence-electron chi connectivity index (χ0n) is 11.5. The number of hydrogen-bond donors (Lipinski definition) is 2. The Hall–Kier alpha value is -1.53. The quantitative estimate of drug-likeness (QED) is 0.349. The fourth-order valence-corrected chi connectivity index (χ4v) is 2.02. The molecule has 1 aliphatic rings. The van der Waals surface area contributed by atoms with Gasteiger partial charge in [-0.1, -0.05) is 0 Å². The first kappa shape index (κ1) is 13.9. The van der Waals surface area contributed by atoms with Crippen LogP contribution in [0, 0.1) is 0 Å². The SMILES string of the molecule is COCC(C)N=C(NN)N(Cc1ccco1)C1CC1. The van der Waals surface area contributed by atoms with E-state index in [2.05, 4.69) is 15.3 Å². The number of ether oxygens (including phenoxy) is 1. The highest BCUT2D eigenvalue weighted by atomic mass is 16.5. The lowest BCUT2D eigenvalue weighted by atomic mass is 10.3. The van der Waals surface area contributed by atoms with Gasteiger partial charge >= 0.3 is 0 Å². The lowest BCUT2D eigenvalue weighted by Gasteiger charge is -2.25. The number of guanidine groups is 1. The van der Waals surface area contributed by atoms with Gasteiger partial charge in [-0.15, -0.1) is 0 Å². The predicted octanol–water partition coefficient (Wildman–Crippen LogP) is 1.10. The summed E-state index contributed by atoms with van der Waals surface area (Å²) in [6.45, 7) is 3.25. The van der Waals surface area contributed by atoms with Crippen LogP contribution in [0.15, 0.2) is 27.8 Å². The summed E-state index contributed by atoms with van der Waals surface area (Å²) in [6, 6.07) is 4.41. The Morgan fingerprint density at radius 1 is 1.68 bits per heavy atom. The van der Waals surface area contributed by atoms with Crippen LogP contribution in [-0.4, -0.2) is 36.7 Å². The molecule has 2 rings (SSSR count). The van der Waals surface area contributed by atoms with Crippen LogP contribution in [-0.2, 0) is 11.3 Å². The minimum atomic E-state index is 0.0638. The molecule has 0 saturated heterocycles. The molecule has 1 saturated carbocycles. The smallest absolute Gasteiger partial charge is 0.209 e. The van der Waals surface area contributed by atoms with Crippen molar-refractivity contribution in [3.63, 3.8) is 0 Å². The van der Waals surface area contributed by atoms with Crippen LogP contribution in [0.25, 0.3) is 0 Å². The second kappa shape index (κ2) is 6.58. The number of nitrogens with one attached hydrogen (secondary N) is 1. The van der Waals surface area contributed by atoms with Crippen LogP contribution >= 0.6 is 0 Å². The van der Waals surface area contributed by atoms with E-state index in [1.165, 1.54) is 12.8 Å². The zero-order chi connectivity index (χ0) is 13.7. The summed E-state index contributed by atoms with van der Waals surface area (Å²) in [6.07, 6.45) is 4.01. The molecule has 0 spiro atoms. The summed E-state index contributed by atoms with van der Waals surface area (Å²) in [7, 11) is 1.67. The van der Waals surface area contributed by atoms with Crippen molar-refractivity contribution in [3.05, 3.63) is 24.2 Å². The van der Waals surface area contributed by atoms with Crippen molar-refractivity contribution in [2.45, 2.75) is 38.4 Å². The average molecular weight is 266 g/mol. The molecular weight excluding hydrogens is 244 g/mol. The molecule has 1 fully saturated rings. The Labute approximate surface area is 113 Å². The maximum absolute atomic E-state index is 5.62. The Morgan fingerprint density at radius 2 is 2.47 bits per heavy atom. The van der Waals surface area contributed by atoms with Gasteiger partial charge in [0.15, 0.2) is 0 Å². The van der Waals surface area contributed by atoms with E-state index in [4.69, 9.17) is 15.0 Å². The zero-order valence-corrected chi connectivity index (χ0v) is 11.5. The second-order valence-electron chi connectivity index (χ2n) is 4.84. The molecule has 6 nitrogen and oxygen atoms in total. The summed E-state index contributed by atoms with van der Waals surface area (Å²) in [5.74, 6) is 7.23. The van der Waals surface area contributed by atoms with Gasteiger partial charge in [-0.2, -0.15) is 0 Å². The van der Waals surface area contributed by atoms with Gasteiger partial charge in [-0.05, 0) is 31.9 Å². The third-order valence-corrected chi connectivity index (χ3v) is 3.05. The van der Waals surface area contributed by atoms with Gasteiger partial charge in [-0.25, -0.2) is 10.8 Å². The molecule has 1 unspecified atom stereocenters. The van der Waals surface area contributed by atoms with Crippen LogP contribution in [0.2, 0.25) is 0 Å². The van der Waals surface area contributed by atoms with Gasteiger partial charge in [0.1, 0.15) is 5.76 Å². The van der Waals surface area contributed by atoms with Crippen molar-refractivity contribution in [1.82, 2.24) is 10.3 Å². The van der Waals surface area contributed by atoms with E-state index in [0.717, 1.165) is 5.76 Å². The number of rotatable bonds is 6. The van der Waals surface area contributed by atoms with Gasteiger partial charge in [0.25, 0.3) is 0 Å². The van der Waals surface area contributed by atoms with Gasteiger partial charge in [0.05, 0.1) is 25.5 Å². The molecule has 19 heavy (non-hydrogen) atoms. The first-order valence-electron chi connectivity index (χ1n) is 6.57. The van der Waals surface area contributed by atoms with Gasteiger partial charge in [0, 0.05) is 13.2 Å². The molecule has 1 aromatic rings. The molecule has 0 aliphatic heterocycles. The van der Waals surface area contributed by atoms with Crippen molar-refractivity contribution in [2.24, 2.45) is 10.8 Å². The highest BCUT2D eigenvalue weighted by molar-refractivity contribution is 5.80. The fourth-order valence-electron chi connectivity index (χ4n) is 2.02. The van der Waals surface area contributed by atoms with Crippen LogP contribution in [0.4, 0.5) is 0 Å². The Bertz CT molecular complexity index is 401. The minimum absolute atomic E-state index is 0.0638. The van der Waals surface area contributed by atoms with Crippen LogP contribution in [0.5, 0.6) is 0 Å². The lowest BCUT2D eigenvalue weighted by molar-refractivity contribution is 0.185. The maximum atomic E-state index is 5.62. The number of nitrogens with zero attached hydrogens (tertiary/aromatic N) is 2. The Kier molecular flexibility index (Phi) is 4.81. The van der Waals surface area contributed by atoms with E-state index >= 15 is 0 Å². The molecule has 0 amide bonds. The molecular formula is C13H22N4O2. The number of furan rings is 1. The normalized spacial score (nSPS) is 17.3. The van der Waals surface area contributed by atoms with Gasteiger partial charge < -0.3 is 14.1 Å². The topological polar surface area (TPSA) is 76.0 Å². The maximum Gasteiger partial charge on any atom is 0.209 e. The molecule has 1 atom stereocenters. The molecule has 0 bridgehead atoms. The van der Waals surface area contributed by atoms with Crippen LogP contribution in [0.1, 0.15) is 25.5 Å². The molecule has 1 aliphatic carbocycles. The first-order valence-corrected chi connectivity index (χ1v) is 6.57. The third kappa shape index (κ3) is 3.97. The lowest BCUT2D eigenvalue weighted by Crippen LogP contribution is -2.46. The van der Waals surface area contributed by atoms with Crippen LogP contribution < -0.4 is 11.3 Å². The van der Waals surface area contributed by atoms with Crippen molar-refractivity contribution in [1.29, 1.82) is 0 Å². The van der Waals surface area contributed by atoms with Crippen molar-refractivity contribution in [3.8, 4) is 0 Å². The molecule has 6 heteroatoms. The summed E-state index contributed by atoms with van der Waals surface area (Å²) < 4.78 is 10.5. The summed E-state index contributed by atoms with van der Waals surface area (Å²) >= 11 is 0. The van der Waals surface area contributed by atoms with E-state index in [9.17, 15) is 0 Å². The predicted molar refractivity (Wildman–Crippen MR) is 73.4 cm³/mol. The number of hydrogen-bond acceptors (Lipinski definition) is 4. The summed E-state index contributed by atoms with van der Waals surface area (Å²) in [5.41, 5.74) is 2.70. The molecule has 0 radical (unpaired) electrons. The molecule has 3 N–H and O–H groups in total. The highest BCUT2D eigenvalue weighted by Crippen LogP contribution is 2.28. The number of nitrogens with two attached hydrogens (primary N) is 1. The summed E-state index contributed by atoms with van der Waals surface area (Å²) in [5, 5.41) is 0. The fraction of sp³-hybridized carbons (Fsp3) is 0.615. The van der Waals surface area contributed by atoms with Crippen molar-refractivity contribution in [2.75, 3.05) is 13.7 Å². The Balaban J connectivity index is 2.07. The molecule has 106 valence electrons. The van der Waals surface area contributed by atoms with Crippen molar-refractivity contribution >= 4 is 5.96 Å². The third-order valence-electron chi connectivity index (χ3n) is 3.05. The minimum Gasteiger partial charge on any atom is -0.467 e. The van der Waals surface area contributed by atoms with E-state index < -0.39 is 0 Å². The van der Waals surface area contributed by atoms with Crippen LogP contribution in [0.3, 0.4) is 0 Å². The van der Waals surface area contributed by atoms with E-state index in [0.29, 0.717) is 25.2 Å². The van der Waals surface area contributed by atoms with E-state index in [1.54, 1.807) is 13.4 Å². The standard InChI is InChI=1S/C13H22N4O2/c1-10(9-18-2)15-13(16-14)17(11-5-6-11)8-12-4-3-7-19-12/h3-4,7,10-11H,5-6,8-9,14H2,1-2H3,(H,15,16). The number of hydrazine groups is 1. The molecule has 1 heterocycles. The van der Waals surface area contributed by atoms with Gasteiger partial charge in [0.2, 0.25) is 5.96 Å². The highest BCUT2D eigenvalue weighted by Gasteiger charge is 2.32. The molecule has 0 aromatic carbocycles. The second-order valence-corrected chi connectivity index (χ2v) is 4.84.